The van der Waals surface area contributed by atoms with Crippen LogP contribution in [0.25, 0.3) is 10.9 Å². The average molecular weight is 326 g/mol. The van der Waals surface area contributed by atoms with Crippen LogP contribution in [0.1, 0.15) is 49.8 Å². The molecule has 0 radical (unpaired) electrons. The molecule has 1 aliphatic carbocycles. The molecular weight excluding hydrogens is 296 g/mol. The minimum absolute atomic E-state index is 0.651. The summed E-state index contributed by atoms with van der Waals surface area (Å²) in [6, 6.07) is 7.28. The third-order valence-electron chi connectivity index (χ3n) is 6.35. The Balaban J connectivity index is 1.39. The Morgan fingerprint density at radius 1 is 1.21 bits per heavy atom. The molecular formula is C20H30N4. The fraction of sp³-hybridized carbons (Fsp3) is 0.650. The SMILES string of the molecule is Cc1ccc2c(c1)c(CNC1CCC3(CCNCC3)CC1)nn2C. The number of nitrogens with zero attached hydrogens (tertiary/aromatic N) is 2. The molecule has 1 aromatic heterocycles. The number of hydrogen-bond donors (Lipinski definition) is 2. The van der Waals surface area contributed by atoms with Gasteiger partial charge in [0, 0.05) is 25.0 Å². The van der Waals surface area contributed by atoms with E-state index in [1.54, 1.807) is 0 Å². The highest BCUT2D eigenvalue weighted by atomic mass is 15.3. The number of piperidine rings is 1. The lowest BCUT2D eigenvalue weighted by molar-refractivity contribution is 0.115. The van der Waals surface area contributed by atoms with Crippen LogP contribution in [-0.4, -0.2) is 28.9 Å². The van der Waals surface area contributed by atoms with E-state index in [0.717, 1.165) is 6.54 Å². The third-order valence-corrected chi connectivity index (χ3v) is 6.35. The number of rotatable bonds is 3. The van der Waals surface area contributed by atoms with Crippen LogP contribution >= 0.6 is 0 Å². The van der Waals surface area contributed by atoms with Gasteiger partial charge < -0.3 is 10.6 Å². The Morgan fingerprint density at radius 2 is 1.96 bits per heavy atom. The second-order valence-electron chi connectivity index (χ2n) is 8.00. The lowest BCUT2D eigenvalue weighted by Gasteiger charge is -2.43. The van der Waals surface area contributed by atoms with E-state index in [2.05, 4.69) is 35.8 Å². The highest BCUT2D eigenvalue weighted by Crippen LogP contribution is 2.43. The molecule has 4 rings (SSSR count). The van der Waals surface area contributed by atoms with Crippen molar-refractivity contribution in [2.24, 2.45) is 12.5 Å². The first kappa shape index (κ1) is 16.1. The van der Waals surface area contributed by atoms with Crippen molar-refractivity contribution in [1.82, 2.24) is 20.4 Å². The first-order valence-electron chi connectivity index (χ1n) is 9.52. The molecule has 2 N–H and O–H groups in total. The molecule has 2 aliphatic rings. The molecule has 2 aromatic rings. The van der Waals surface area contributed by atoms with Crippen LogP contribution in [0.3, 0.4) is 0 Å². The van der Waals surface area contributed by atoms with Crippen LogP contribution in [-0.2, 0) is 13.6 Å². The van der Waals surface area contributed by atoms with E-state index in [1.165, 1.54) is 73.8 Å². The van der Waals surface area contributed by atoms with E-state index in [-0.39, 0.29) is 0 Å². The first-order chi connectivity index (χ1) is 11.7. The van der Waals surface area contributed by atoms with E-state index in [0.29, 0.717) is 11.5 Å². The van der Waals surface area contributed by atoms with Gasteiger partial charge in [0.15, 0.2) is 0 Å². The standard InChI is InChI=1S/C20H30N4/c1-15-3-4-19-17(13-15)18(23-24(19)2)14-22-16-5-7-20(8-6-16)9-11-21-12-10-20/h3-4,13,16,21-22H,5-12,14H2,1-2H3. The summed E-state index contributed by atoms with van der Waals surface area (Å²) in [5.41, 5.74) is 4.38. The minimum atomic E-state index is 0.651. The topological polar surface area (TPSA) is 41.9 Å². The predicted octanol–water partition coefficient (Wildman–Crippen LogP) is 3.28. The van der Waals surface area contributed by atoms with Crippen molar-refractivity contribution in [1.29, 1.82) is 0 Å². The maximum atomic E-state index is 4.74. The van der Waals surface area contributed by atoms with E-state index >= 15 is 0 Å². The van der Waals surface area contributed by atoms with Gasteiger partial charge in [-0.2, -0.15) is 5.10 Å². The smallest absolute Gasteiger partial charge is 0.0841 e. The number of aryl methyl sites for hydroxylation is 2. The van der Waals surface area contributed by atoms with Crippen LogP contribution in [0, 0.1) is 12.3 Å². The molecule has 2 fully saturated rings. The summed E-state index contributed by atoms with van der Waals surface area (Å²) in [6.07, 6.45) is 8.20. The van der Waals surface area contributed by atoms with Crippen LogP contribution in [0.5, 0.6) is 0 Å². The molecule has 24 heavy (non-hydrogen) atoms. The number of fused-ring (bicyclic) bond motifs is 1. The van der Waals surface area contributed by atoms with Gasteiger partial charge in [0.25, 0.3) is 0 Å². The van der Waals surface area contributed by atoms with E-state index < -0.39 is 0 Å². The first-order valence-corrected chi connectivity index (χ1v) is 9.52. The Labute approximate surface area is 145 Å². The van der Waals surface area contributed by atoms with Gasteiger partial charge in [-0.15, -0.1) is 0 Å². The van der Waals surface area contributed by atoms with Crippen molar-refractivity contribution in [2.45, 2.75) is 58.0 Å². The second-order valence-corrected chi connectivity index (χ2v) is 8.00. The van der Waals surface area contributed by atoms with Gasteiger partial charge in [0.2, 0.25) is 0 Å². The zero-order valence-corrected chi connectivity index (χ0v) is 15.1. The van der Waals surface area contributed by atoms with Crippen molar-refractivity contribution in [3.63, 3.8) is 0 Å². The van der Waals surface area contributed by atoms with Gasteiger partial charge >= 0.3 is 0 Å². The van der Waals surface area contributed by atoms with Gasteiger partial charge in [-0.05, 0) is 76.1 Å². The lowest BCUT2D eigenvalue weighted by atomic mass is 9.67. The van der Waals surface area contributed by atoms with E-state index in [9.17, 15) is 0 Å². The maximum absolute atomic E-state index is 4.74. The Bertz CT molecular complexity index is 702. The van der Waals surface area contributed by atoms with Crippen molar-refractivity contribution in [3.05, 3.63) is 29.5 Å². The third kappa shape index (κ3) is 3.09. The van der Waals surface area contributed by atoms with Gasteiger partial charge in [-0.25, -0.2) is 0 Å². The van der Waals surface area contributed by atoms with Crippen molar-refractivity contribution < 1.29 is 0 Å². The molecule has 0 bridgehead atoms. The van der Waals surface area contributed by atoms with Crippen molar-refractivity contribution in [3.8, 4) is 0 Å². The highest BCUT2D eigenvalue weighted by Gasteiger charge is 2.35. The van der Waals surface area contributed by atoms with Crippen LogP contribution in [0.4, 0.5) is 0 Å². The molecule has 1 aromatic carbocycles. The van der Waals surface area contributed by atoms with Crippen molar-refractivity contribution >= 4 is 10.9 Å². The zero-order valence-electron chi connectivity index (χ0n) is 15.1. The summed E-state index contributed by atoms with van der Waals surface area (Å²) in [5.74, 6) is 0. The van der Waals surface area contributed by atoms with Crippen molar-refractivity contribution in [2.75, 3.05) is 13.1 Å². The molecule has 130 valence electrons. The normalized spacial score (nSPS) is 21.6. The molecule has 4 nitrogen and oxygen atoms in total. The Hall–Kier alpha value is -1.39. The second kappa shape index (κ2) is 6.49. The largest absolute Gasteiger partial charge is 0.317 e. The number of benzene rings is 1. The molecule has 0 atom stereocenters. The number of aromatic nitrogens is 2. The summed E-state index contributed by atoms with van der Waals surface area (Å²) in [7, 11) is 2.04. The van der Waals surface area contributed by atoms with Gasteiger partial charge in [0.1, 0.15) is 0 Å². The maximum Gasteiger partial charge on any atom is 0.0841 e. The lowest BCUT2D eigenvalue weighted by Crippen LogP contribution is -2.43. The summed E-state index contributed by atoms with van der Waals surface area (Å²) in [6.45, 7) is 5.48. The van der Waals surface area contributed by atoms with Crippen LogP contribution in [0.15, 0.2) is 18.2 Å². The van der Waals surface area contributed by atoms with Gasteiger partial charge in [-0.1, -0.05) is 11.6 Å². The molecule has 1 spiro atoms. The van der Waals surface area contributed by atoms with E-state index in [1.807, 2.05) is 11.7 Å². The molecule has 1 aliphatic heterocycles. The number of nitrogens with one attached hydrogen (secondary N) is 2. The fourth-order valence-corrected chi connectivity index (χ4v) is 4.72. The average Bonchev–Trinajstić information content (AvgIpc) is 2.91. The minimum Gasteiger partial charge on any atom is -0.317 e. The summed E-state index contributed by atoms with van der Waals surface area (Å²) in [4.78, 5) is 0. The van der Waals surface area contributed by atoms with Gasteiger partial charge in [0.05, 0.1) is 11.2 Å². The summed E-state index contributed by atoms with van der Waals surface area (Å²) >= 11 is 0. The summed E-state index contributed by atoms with van der Waals surface area (Å²) < 4.78 is 2.01. The fourth-order valence-electron chi connectivity index (χ4n) is 4.72. The molecule has 1 saturated carbocycles. The highest BCUT2D eigenvalue weighted by molar-refractivity contribution is 5.82. The molecule has 1 saturated heterocycles. The zero-order chi connectivity index (χ0) is 16.6. The molecule has 2 heterocycles. The van der Waals surface area contributed by atoms with E-state index in [4.69, 9.17) is 5.10 Å². The van der Waals surface area contributed by atoms with Gasteiger partial charge in [-0.3, -0.25) is 4.68 Å². The quantitative estimate of drug-likeness (QED) is 0.909. The Morgan fingerprint density at radius 3 is 2.71 bits per heavy atom. The number of hydrogen-bond acceptors (Lipinski definition) is 3. The molecule has 0 amide bonds. The summed E-state index contributed by atoms with van der Waals surface area (Å²) in [5, 5.41) is 13.4. The van der Waals surface area contributed by atoms with Crippen LogP contribution in [0.2, 0.25) is 0 Å². The molecule has 4 heteroatoms. The monoisotopic (exact) mass is 326 g/mol. The Kier molecular flexibility index (Phi) is 4.35. The predicted molar refractivity (Wildman–Crippen MR) is 99.1 cm³/mol. The molecule has 0 unspecified atom stereocenters. The van der Waals surface area contributed by atoms with Crippen LogP contribution < -0.4 is 10.6 Å².